The van der Waals surface area contributed by atoms with Crippen LogP contribution in [0.3, 0.4) is 0 Å². The van der Waals surface area contributed by atoms with E-state index >= 15 is 0 Å². The molecule has 1 saturated heterocycles. The predicted octanol–water partition coefficient (Wildman–Crippen LogP) is 3.01. The molecule has 3 rings (SSSR count). The van der Waals surface area contributed by atoms with Gasteiger partial charge in [-0.25, -0.2) is 4.79 Å². The van der Waals surface area contributed by atoms with E-state index in [-0.39, 0.29) is 12.3 Å². The van der Waals surface area contributed by atoms with Gasteiger partial charge in [0.2, 0.25) is 0 Å². The van der Waals surface area contributed by atoms with Crippen molar-refractivity contribution in [2.24, 2.45) is 0 Å². The van der Waals surface area contributed by atoms with Crippen LogP contribution in [-0.4, -0.2) is 29.2 Å². The number of thiophene rings is 1. The Morgan fingerprint density at radius 3 is 2.62 bits per heavy atom. The average Bonchev–Trinajstić information content (AvgIpc) is 3.12. The fourth-order valence-electron chi connectivity index (χ4n) is 2.93. The number of nitrogens with zero attached hydrogens (tertiary/aromatic N) is 1. The van der Waals surface area contributed by atoms with Gasteiger partial charge in [-0.05, 0) is 37.8 Å². The molecule has 0 aliphatic carbocycles. The van der Waals surface area contributed by atoms with Crippen LogP contribution in [0.5, 0.6) is 0 Å². The molecule has 6 heteroatoms. The molecule has 0 saturated carbocycles. The topological polar surface area (TPSA) is 66.5 Å². The Kier molecular flexibility index (Phi) is 4.01. The lowest BCUT2D eigenvalue weighted by Crippen LogP contribution is -2.40. The van der Waals surface area contributed by atoms with Crippen molar-refractivity contribution in [3.8, 4) is 0 Å². The van der Waals surface area contributed by atoms with E-state index in [9.17, 15) is 14.4 Å². The minimum absolute atomic E-state index is 0.244. The maximum atomic E-state index is 12.7. The van der Waals surface area contributed by atoms with E-state index in [2.05, 4.69) is 5.32 Å². The number of Topliss-reactive ketones (excluding diaryl/α,β-unsaturated/α-hetero) is 1. The third-order valence-corrected chi connectivity index (χ3v) is 5.36. The molecular formula is C18H18N2O3S. The van der Waals surface area contributed by atoms with Crippen LogP contribution in [0.2, 0.25) is 0 Å². The van der Waals surface area contributed by atoms with Crippen molar-refractivity contribution in [1.29, 1.82) is 0 Å². The van der Waals surface area contributed by atoms with Gasteiger partial charge in [-0.1, -0.05) is 29.8 Å². The van der Waals surface area contributed by atoms with E-state index in [0.29, 0.717) is 5.56 Å². The van der Waals surface area contributed by atoms with Crippen molar-refractivity contribution < 1.29 is 14.4 Å². The highest BCUT2D eigenvalue weighted by Gasteiger charge is 2.50. The summed E-state index contributed by atoms with van der Waals surface area (Å²) in [4.78, 5) is 39.3. The molecule has 0 bridgehead atoms. The van der Waals surface area contributed by atoms with Crippen molar-refractivity contribution >= 4 is 29.1 Å². The zero-order valence-electron chi connectivity index (χ0n) is 13.8. The van der Waals surface area contributed by atoms with E-state index in [1.165, 1.54) is 11.3 Å². The molecule has 1 unspecified atom stereocenters. The van der Waals surface area contributed by atoms with Crippen LogP contribution in [0.25, 0.3) is 0 Å². The highest BCUT2D eigenvalue weighted by atomic mass is 32.1. The number of carbonyl (C=O) groups is 3. The number of benzene rings is 1. The second-order valence-corrected chi connectivity index (χ2v) is 7.11. The number of urea groups is 1. The monoisotopic (exact) mass is 342 g/mol. The highest BCUT2D eigenvalue weighted by Crippen LogP contribution is 2.32. The van der Waals surface area contributed by atoms with Crippen LogP contribution in [0.1, 0.15) is 33.3 Å². The van der Waals surface area contributed by atoms with E-state index in [4.69, 9.17) is 0 Å². The Balaban J connectivity index is 1.84. The van der Waals surface area contributed by atoms with Crippen LogP contribution in [0.4, 0.5) is 4.79 Å². The Bertz CT molecular complexity index is 829. The minimum atomic E-state index is -1.10. The van der Waals surface area contributed by atoms with Gasteiger partial charge in [0.05, 0.1) is 6.54 Å². The zero-order chi connectivity index (χ0) is 17.5. The van der Waals surface area contributed by atoms with Gasteiger partial charge in [-0.2, -0.15) is 0 Å². The number of ketones is 1. The highest BCUT2D eigenvalue weighted by molar-refractivity contribution is 7.10. The molecule has 5 nitrogen and oxygen atoms in total. The Labute approximate surface area is 144 Å². The van der Waals surface area contributed by atoms with Gasteiger partial charge in [0.1, 0.15) is 0 Å². The maximum Gasteiger partial charge on any atom is 0.325 e. The van der Waals surface area contributed by atoms with Gasteiger partial charge in [0.25, 0.3) is 5.91 Å². The third kappa shape index (κ3) is 2.63. The molecule has 2 heterocycles. The molecule has 1 aromatic heterocycles. The molecule has 124 valence electrons. The van der Waals surface area contributed by atoms with Crippen molar-refractivity contribution in [3.63, 3.8) is 0 Å². The van der Waals surface area contributed by atoms with Gasteiger partial charge in [-0.15, -0.1) is 11.3 Å². The molecule has 2 aromatic rings. The molecule has 0 radical (unpaired) electrons. The molecule has 0 spiro atoms. The summed E-state index contributed by atoms with van der Waals surface area (Å²) in [5, 5.41) is 4.56. The quantitative estimate of drug-likeness (QED) is 0.686. The average molecular weight is 342 g/mol. The van der Waals surface area contributed by atoms with Gasteiger partial charge in [-0.3, -0.25) is 14.5 Å². The van der Waals surface area contributed by atoms with Crippen LogP contribution in [-0.2, 0) is 10.3 Å². The number of rotatable bonds is 4. The summed E-state index contributed by atoms with van der Waals surface area (Å²) in [7, 11) is 0. The molecule has 1 N–H and O–H groups in total. The normalized spacial score (nSPS) is 20.4. The lowest BCUT2D eigenvalue weighted by atomic mass is 9.99. The zero-order valence-corrected chi connectivity index (χ0v) is 14.6. The van der Waals surface area contributed by atoms with Crippen molar-refractivity contribution in [3.05, 3.63) is 57.3 Å². The largest absolute Gasteiger partial charge is 0.325 e. The smallest absolute Gasteiger partial charge is 0.319 e. The first-order chi connectivity index (χ1) is 11.3. The number of amides is 3. The molecule has 24 heavy (non-hydrogen) atoms. The first kappa shape index (κ1) is 16.4. The summed E-state index contributed by atoms with van der Waals surface area (Å²) in [5.41, 5.74) is 1.33. The maximum absolute atomic E-state index is 12.7. The molecule has 1 aliphatic rings. The van der Waals surface area contributed by atoms with Crippen LogP contribution < -0.4 is 5.32 Å². The second kappa shape index (κ2) is 5.87. The van der Waals surface area contributed by atoms with Gasteiger partial charge in [0.15, 0.2) is 11.3 Å². The number of hydrogen-bond acceptors (Lipinski definition) is 4. The van der Waals surface area contributed by atoms with Crippen LogP contribution >= 0.6 is 11.3 Å². The summed E-state index contributed by atoms with van der Waals surface area (Å²) in [6.07, 6.45) is 0. The fraction of sp³-hybridized carbons (Fsp3) is 0.278. The van der Waals surface area contributed by atoms with Crippen LogP contribution in [0.15, 0.2) is 35.7 Å². The van der Waals surface area contributed by atoms with E-state index in [1.807, 2.05) is 37.4 Å². The molecule has 3 amide bonds. The summed E-state index contributed by atoms with van der Waals surface area (Å²) in [5.74, 6) is -0.639. The van der Waals surface area contributed by atoms with Crippen molar-refractivity contribution in [1.82, 2.24) is 10.2 Å². The predicted molar refractivity (Wildman–Crippen MR) is 92.2 cm³/mol. The van der Waals surface area contributed by atoms with Gasteiger partial charge in [0, 0.05) is 10.4 Å². The summed E-state index contributed by atoms with van der Waals surface area (Å²) >= 11 is 1.40. The lowest BCUT2D eigenvalue weighted by molar-refractivity contribution is -0.130. The number of imide groups is 1. The summed E-state index contributed by atoms with van der Waals surface area (Å²) < 4.78 is 0. The minimum Gasteiger partial charge on any atom is -0.319 e. The van der Waals surface area contributed by atoms with Crippen LogP contribution in [0, 0.1) is 13.8 Å². The number of nitrogens with one attached hydrogen (secondary N) is 1. The van der Waals surface area contributed by atoms with E-state index in [1.54, 1.807) is 19.1 Å². The van der Waals surface area contributed by atoms with E-state index in [0.717, 1.165) is 20.9 Å². The number of carbonyl (C=O) groups excluding carboxylic acids is 3. The SMILES string of the molecule is Cc1ccc(C(=O)CN2C(=O)NC(C)(c3cccs3)C2=O)c(C)c1. The van der Waals surface area contributed by atoms with Crippen molar-refractivity contribution in [2.75, 3.05) is 6.54 Å². The van der Waals surface area contributed by atoms with Crippen molar-refractivity contribution in [2.45, 2.75) is 26.3 Å². The number of aryl methyl sites for hydroxylation is 2. The van der Waals surface area contributed by atoms with Gasteiger partial charge >= 0.3 is 6.03 Å². The summed E-state index contributed by atoms with van der Waals surface area (Å²) in [6.45, 7) is 5.21. The second-order valence-electron chi connectivity index (χ2n) is 6.17. The molecule has 1 aliphatic heterocycles. The van der Waals surface area contributed by atoms with E-state index < -0.39 is 17.5 Å². The molecule has 1 fully saturated rings. The molecule has 1 atom stereocenters. The first-order valence-corrected chi connectivity index (χ1v) is 8.49. The summed E-state index contributed by atoms with van der Waals surface area (Å²) in [6, 6.07) is 8.60. The third-order valence-electron chi connectivity index (χ3n) is 4.27. The number of hydrogen-bond donors (Lipinski definition) is 1. The Morgan fingerprint density at radius 1 is 1.25 bits per heavy atom. The Hall–Kier alpha value is -2.47. The fourth-order valence-corrected chi connectivity index (χ4v) is 3.76. The first-order valence-electron chi connectivity index (χ1n) is 7.61. The molecule has 1 aromatic carbocycles. The lowest BCUT2D eigenvalue weighted by Gasteiger charge is -2.20. The standard InChI is InChI=1S/C18H18N2O3S/c1-11-6-7-13(12(2)9-11)14(21)10-20-16(22)18(3,19-17(20)23)15-5-4-8-24-15/h4-9H,10H2,1-3H3,(H,19,23). The van der Waals surface area contributed by atoms with Gasteiger partial charge < -0.3 is 5.32 Å². The molecular weight excluding hydrogens is 324 g/mol. The Morgan fingerprint density at radius 2 is 2.00 bits per heavy atom.